The van der Waals surface area contributed by atoms with E-state index in [2.05, 4.69) is 5.43 Å². The molecule has 1 saturated heterocycles. The Labute approximate surface area is 111 Å². The summed E-state index contributed by atoms with van der Waals surface area (Å²) in [6.07, 6.45) is 0.528. The summed E-state index contributed by atoms with van der Waals surface area (Å²) in [6.45, 7) is 10.3. The van der Waals surface area contributed by atoms with Crippen LogP contribution in [0.25, 0.3) is 0 Å². The van der Waals surface area contributed by atoms with Crippen LogP contribution in [0.2, 0.25) is 0 Å². The molecule has 0 aliphatic carbocycles. The van der Waals surface area contributed by atoms with Crippen LogP contribution in [0.15, 0.2) is 0 Å². The van der Waals surface area contributed by atoms with Crippen LogP contribution in [-0.4, -0.2) is 49.4 Å². The van der Waals surface area contributed by atoms with Crippen molar-refractivity contribution in [1.82, 2.24) is 15.3 Å². The van der Waals surface area contributed by atoms with Crippen molar-refractivity contribution in [2.45, 2.75) is 41.0 Å². The molecule has 0 aromatic carbocycles. The molecular weight excluding hydrogens is 230 g/mol. The van der Waals surface area contributed by atoms with Crippen LogP contribution in [0.1, 0.15) is 41.0 Å². The summed E-state index contributed by atoms with van der Waals surface area (Å²) in [5, 5.41) is 1.27. The lowest BCUT2D eigenvalue weighted by Crippen LogP contribution is -2.44. The van der Waals surface area contributed by atoms with E-state index in [-0.39, 0.29) is 11.8 Å². The molecule has 0 aromatic rings. The second-order valence-corrected chi connectivity index (χ2v) is 3.98. The highest BCUT2D eigenvalue weighted by atomic mass is 16.2. The highest BCUT2D eigenvalue weighted by Gasteiger charge is 2.52. The molecule has 2 amide bonds. The first kappa shape index (κ1) is 19.2. The molecule has 0 radical (unpaired) electrons. The van der Waals surface area contributed by atoms with Crippen molar-refractivity contribution in [3.63, 3.8) is 0 Å². The van der Waals surface area contributed by atoms with E-state index in [1.807, 2.05) is 53.6 Å². The van der Waals surface area contributed by atoms with Gasteiger partial charge in [0.2, 0.25) is 0 Å². The number of nitrogens with one attached hydrogen (secondary N) is 1. The van der Waals surface area contributed by atoms with E-state index in [1.54, 1.807) is 7.05 Å². The molecule has 1 rings (SSSR count). The molecule has 5 heteroatoms. The molecule has 1 aliphatic heterocycles. The number of amides is 2. The molecule has 1 heterocycles. The summed E-state index contributed by atoms with van der Waals surface area (Å²) < 4.78 is 0. The van der Waals surface area contributed by atoms with Crippen molar-refractivity contribution < 1.29 is 9.59 Å². The van der Waals surface area contributed by atoms with Crippen LogP contribution in [0.4, 0.5) is 0 Å². The third-order valence-electron chi connectivity index (χ3n) is 2.61. The number of nitrogens with zero attached hydrogens (tertiary/aromatic N) is 2. The van der Waals surface area contributed by atoms with Crippen LogP contribution >= 0.6 is 0 Å². The monoisotopic (exact) mass is 259 g/mol. The summed E-state index contributed by atoms with van der Waals surface area (Å²) in [5.74, 6) is -0.333. The smallest absolute Gasteiger partial charge is 0.257 e. The second kappa shape index (κ2) is 8.91. The molecule has 0 spiro atoms. The van der Waals surface area contributed by atoms with Gasteiger partial charge in [0.15, 0.2) is 0 Å². The van der Waals surface area contributed by atoms with Gasteiger partial charge in [-0.2, -0.15) is 0 Å². The Morgan fingerprint density at radius 2 is 1.61 bits per heavy atom. The minimum absolute atomic E-state index is 0.140. The topological polar surface area (TPSA) is 52.7 Å². The number of hydrogen-bond donors (Lipinski definition) is 1. The van der Waals surface area contributed by atoms with E-state index in [1.165, 1.54) is 5.01 Å². The van der Waals surface area contributed by atoms with Crippen molar-refractivity contribution >= 4 is 11.8 Å². The average Bonchev–Trinajstić information content (AvgIpc) is 2.58. The van der Waals surface area contributed by atoms with E-state index in [0.717, 1.165) is 0 Å². The molecule has 0 saturated carbocycles. The minimum atomic E-state index is -0.891. The first-order valence-electron chi connectivity index (χ1n) is 6.68. The van der Waals surface area contributed by atoms with Gasteiger partial charge in [-0.05, 0) is 20.5 Å². The van der Waals surface area contributed by atoms with Crippen molar-refractivity contribution in [2.75, 3.05) is 27.7 Å². The summed E-state index contributed by atoms with van der Waals surface area (Å²) >= 11 is 0. The fraction of sp³-hybridized carbons (Fsp3) is 0.846. The summed E-state index contributed by atoms with van der Waals surface area (Å²) in [4.78, 5) is 25.4. The van der Waals surface area contributed by atoms with Gasteiger partial charge in [0, 0.05) is 13.6 Å². The molecule has 5 nitrogen and oxygen atoms in total. The summed E-state index contributed by atoms with van der Waals surface area (Å²) in [5.41, 5.74) is 1.64. The average molecular weight is 259 g/mol. The zero-order chi connectivity index (χ0) is 14.9. The molecule has 1 atom stereocenters. The van der Waals surface area contributed by atoms with Gasteiger partial charge in [-0.1, -0.05) is 34.6 Å². The van der Waals surface area contributed by atoms with E-state index in [9.17, 15) is 9.59 Å². The molecule has 1 fully saturated rings. The predicted octanol–water partition coefficient (Wildman–Crippen LogP) is 1.50. The highest BCUT2D eigenvalue weighted by molar-refractivity contribution is 6.09. The second-order valence-electron chi connectivity index (χ2n) is 3.98. The SMILES string of the molecule is CC.CC.CCC1(CN(C)C)C(=O)NN(C)C1=O. The number of rotatable bonds is 3. The van der Waals surface area contributed by atoms with Crippen LogP contribution in [0, 0.1) is 5.41 Å². The Hall–Kier alpha value is -1.10. The standard InChI is InChI=1S/C9H17N3O2.2C2H6/c1-5-9(6-11(2)3)7(13)10-12(4)8(9)14;2*1-2/h5-6H2,1-4H3,(H,10,13);2*1-2H3. The molecule has 0 bridgehead atoms. The van der Waals surface area contributed by atoms with Crippen LogP contribution < -0.4 is 5.43 Å². The van der Waals surface area contributed by atoms with Gasteiger partial charge in [0.1, 0.15) is 5.41 Å². The van der Waals surface area contributed by atoms with Gasteiger partial charge in [0.25, 0.3) is 11.8 Å². The zero-order valence-electron chi connectivity index (χ0n) is 13.1. The lowest BCUT2D eigenvalue weighted by Gasteiger charge is -2.25. The maximum Gasteiger partial charge on any atom is 0.257 e. The zero-order valence-corrected chi connectivity index (χ0v) is 13.1. The Morgan fingerprint density at radius 3 is 1.83 bits per heavy atom. The van der Waals surface area contributed by atoms with Crippen molar-refractivity contribution in [2.24, 2.45) is 5.41 Å². The number of carbonyl (C=O) groups is 2. The van der Waals surface area contributed by atoms with Gasteiger partial charge < -0.3 is 4.90 Å². The van der Waals surface area contributed by atoms with Gasteiger partial charge in [-0.25, -0.2) is 0 Å². The Bertz CT molecular complexity index is 267. The Morgan fingerprint density at radius 1 is 1.17 bits per heavy atom. The van der Waals surface area contributed by atoms with E-state index in [0.29, 0.717) is 13.0 Å². The molecule has 1 unspecified atom stereocenters. The third kappa shape index (κ3) is 3.98. The van der Waals surface area contributed by atoms with Crippen LogP contribution in [0.3, 0.4) is 0 Å². The molecular formula is C13H29N3O2. The van der Waals surface area contributed by atoms with Gasteiger partial charge in [-0.3, -0.25) is 20.0 Å². The van der Waals surface area contributed by atoms with E-state index < -0.39 is 5.41 Å². The third-order valence-corrected chi connectivity index (χ3v) is 2.61. The fourth-order valence-electron chi connectivity index (χ4n) is 1.83. The fourth-order valence-corrected chi connectivity index (χ4v) is 1.83. The maximum atomic E-state index is 11.8. The minimum Gasteiger partial charge on any atom is -0.308 e. The molecule has 18 heavy (non-hydrogen) atoms. The van der Waals surface area contributed by atoms with Crippen LogP contribution in [0.5, 0.6) is 0 Å². The van der Waals surface area contributed by atoms with Gasteiger partial charge in [0.05, 0.1) is 0 Å². The number of hydrazine groups is 1. The highest BCUT2D eigenvalue weighted by Crippen LogP contribution is 2.29. The molecule has 1 aliphatic rings. The number of hydrogen-bond acceptors (Lipinski definition) is 3. The predicted molar refractivity (Wildman–Crippen MR) is 74.9 cm³/mol. The Balaban J connectivity index is 0. The first-order chi connectivity index (χ1) is 8.44. The van der Waals surface area contributed by atoms with E-state index in [4.69, 9.17) is 0 Å². The quantitative estimate of drug-likeness (QED) is 0.782. The van der Waals surface area contributed by atoms with Crippen molar-refractivity contribution in [1.29, 1.82) is 0 Å². The van der Waals surface area contributed by atoms with Gasteiger partial charge >= 0.3 is 0 Å². The molecule has 0 aromatic heterocycles. The van der Waals surface area contributed by atoms with Crippen LogP contribution in [-0.2, 0) is 9.59 Å². The summed E-state index contributed by atoms with van der Waals surface area (Å²) in [6, 6.07) is 0. The lowest BCUT2D eigenvalue weighted by molar-refractivity contribution is -0.139. The van der Waals surface area contributed by atoms with Crippen molar-refractivity contribution in [3.05, 3.63) is 0 Å². The summed E-state index contributed by atoms with van der Waals surface area (Å²) in [7, 11) is 5.29. The van der Waals surface area contributed by atoms with Crippen molar-refractivity contribution in [3.8, 4) is 0 Å². The molecule has 108 valence electrons. The first-order valence-corrected chi connectivity index (χ1v) is 6.68. The van der Waals surface area contributed by atoms with Gasteiger partial charge in [-0.15, -0.1) is 0 Å². The largest absolute Gasteiger partial charge is 0.308 e. The molecule has 1 N–H and O–H groups in total. The maximum absolute atomic E-state index is 11.8. The number of carbonyl (C=O) groups excluding carboxylic acids is 2. The van der Waals surface area contributed by atoms with E-state index >= 15 is 0 Å². The Kier molecular flexibility index (Phi) is 9.53. The normalized spacial score (nSPS) is 21.9. The lowest BCUT2D eigenvalue weighted by atomic mass is 9.84.